The molecule has 3 rings (SSSR count). The van der Waals surface area contributed by atoms with Crippen molar-refractivity contribution in [2.24, 2.45) is 0 Å². The van der Waals surface area contributed by atoms with E-state index < -0.39 is 0 Å². The molecular weight excluding hydrogens is 319 g/mol. The van der Waals surface area contributed by atoms with Crippen molar-refractivity contribution in [1.29, 1.82) is 0 Å². The molecule has 2 aromatic carbocycles. The van der Waals surface area contributed by atoms with Gasteiger partial charge in [-0.3, -0.25) is 4.79 Å². The number of amides is 1. The maximum Gasteiger partial charge on any atom is 0.261 e. The van der Waals surface area contributed by atoms with E-state index in [9.17, 15) is 9.18 Å². The number of hydrogen-bond donors (Lipinski definition) is 1. The van der Waals surface area contributed by atoms with E-state index in [0.29, 0.717) is 18.1 Å². The molecule has 0 saturated heterocycles. The van der Waals surface area contributed by atoms with Crippen LogP contribution in [0.15, 0.2) is 67.0 Å². The largest absolute Gasteiger partial charge is 0.350 e. The van der Waals surface area contributed by atoms with Crippen molar-refractivity contribution in [1.82, 2.24) is 9.97 Å². The monoisotopic (exact) mass is 336 g/mol. The molecule has 6 heteroatoms. The van der Waals surface area contributed by atoms with Gasteiger partial charge < -0.3 is 10.2 Å². The van der Waals surface area contributed by atoms with Gasteiger partial charge in [-0.15, -0.1) is 0 Å². The summed E-state index contributed by atoms with van der Waals surface area (Å²) in [4.78, 5) is 22.3. The quantitative estimate of drug-likeness (QED) is 0.775. The van der Waals surface area contributed by atoms with Gasteiger partial charge in [0.2, 0.25) is 5.95 Å². The Balaban J connectivity index is 1.63. The molecule has 0 aliphatic rings. The second-order valence-corrected chi connectivity index (χ2v) is 5.48. The zero-order valence-corrected chi connectivity index (χ0v) is 13.7. The van der Waals surface area contributed by atoms with Gasteiger partial charge in [0, 0.05) is 31.7 Å². The molecule has 0 fully saturated rings. The van der Waals surface area contributed by atoms with Gasteiger partial charge in [-0.25, -0.2) is 14.4 Å². The average molecular weight is 336 g/mol. The number of carbonyl (C=O) groups is 1. The maximum atomic E-state index is 12.9. The van der Waals surface area contributed by atoms with Crippen LogP contribution in [0.5, 0.6) is 0 Å². The topological polar surface area (TPSA) is 58.1 Å². The molecule has 0 atom stereocenters. The fourth-order valence-electron chi connectivity index (χ4n) is 2.28. The molecule has 25 heavy (non-hydrogen) atoms. The van der Waals surface area contributed by atoms with Gasteiger partial charge in [0.25, 0.3) is 5.91 Å². The van der Waals surface area contributed by atoms with Gasteiger partial charge in [0.15, 0.2) is 0 Å². The lowest BCUT2D eigenvalue weighted by Crippen LogP contribution is -2.26. The van der Waals surface area contributed by atoms with Crippen LogP contribution in [0.1, 0.15) is 15.9 Å². The SMILES string of the molecule is CN(C(=O)c1cnc(NCc2ccc(F)cc2)nc1)c1ccccc1. The Kier molecular flexibility index (Phi) is 4.99. The number of nitrogens with one attached hydrogen (secondary N) is 1. The number of halogens is 1. The van der Waals surface area contributed by atoms with Crippen molar-refractivity contribution >= 4 is 17.5 Å². The molecule has 0 aliphatic carbocycles. The van der Waals surface area contributed by atoms with E-state index in [-0.39, 0.29) is 11.7 Å². The summed E-state index contributed by atoms with van der Waals surface area (Å²) < 4.78 is 12.9. The van der Waals surface area contributed by atoms with Crippen molar-refractivity contribution in [2.45, 2.75) is 6.54 Å². The van der Waals surface area contributed by atoms with Crippen molar-refractivity contribution in [3.8, 4) is 0 Å². The Morgan fingerprint density at radius 1 is 1.04 bits per heavy atom. The van der Waals surface area contributed by atoms with Crippen LogP contribution in [0.3, 0.4) is 0 Å². The molecule has 5 nitrogen and oxygen atoms in total. The van der Waals surface area contributed by atoms with Gasteiger partial charge in [0.1, 0.15) is 5.82 Å². The molecule has 0 bridgehead atoms. The number of rotatable bonds is 5. The summed E-state index contributed by atoms with van der Waals surface area (Å²) in [5, 5.41) is 3.04. The summed E-state index contributed by atoms with van der Waals surface area (Å²) in [6.45, 7) is 0.470. The van der Waals surface area contributed by atoms with Crippen LogP contribution in [0.2, 0.25) is 0 Å². The number of hydrogen-bond acceptors (Lipinski definition) is 4. The molecule has 0 aliphatic heterocycles. The Morgan fingerprint density at radius 2 is 1.68 bits per heavy atom. The first-order valence-electron chi connectivity index (χ1n) is 7.77. The highest BCUT2D eigenvalue weighted by Gasteiger charge is 2.14. The predicted molar refractivity (Wildman–Crippen MR) is 94.9 cm³/mol. The molecular formula is C19H17FN4O. The van der Waals surface area contributed by atoms with Crippen molar-refractivity contribution in [3.63, 3.8) is 0 Å². The standard InChI is InChI=1S/C19H17FN4O/c1-24(17-5-3-2-4-6-17)18(25)15-12-22-19(23-13-15)21-11-14-7-9-16(20)10-8-14/h2-10,12-13H,11H2,1H3,(H,21,22,23). The summed E-state index contributed by atoms with van der Waals surface area (Å²) in [7, 11) is 1.71. The molecule has 1 N–H and O–H groups in total. The summed E-state index contributed by atoms with van der Waals surface area (Å²) >= 11 is 0. The summed E-state index contributed by atoms with van der Waals surface area (Å²) in [6, 6.07) is 15.5. The average Bonchev–Trinajstić information content (AvgIpc) is 2.67. The molecule has 126 valence electrons. The zero-order valence-electron chi connectivity index (χ0n) is 13.7. The Labute approximate surface area is 145 Å². The van der Waals surface area contributed by atoms with E-state index in [1.807, 2.05) is 30.3 Å². The number of anilines is 2. The minimum atomic E-state index is -0.273. The molecule has 1 amide bonds. The highest BCUT2D eigenvalue weighted by atomic mass is 19.1. The molecule has 0 spiro atoms. The Bertz CT molecular complexity index is 836. The van der Waals surface area contributed by atoms with E-state index in [1.165, 1.54) is 24.5 Å². The maximum absolute atomic E-state index is 12.9. The van der Waals surface area contributed by atoms with Crippen LogP contribution >= 0.6 is 0 Å². The predicted octanol–water partition coefficient (Wildman–Crippen LogP) is 3.50. The lowest BCUT2D eigenvalue weighted by molar-refractivity contribution is 0.0992. The number of carbonyl (C=O) groups excluding carboxylic acids is 1. The minimum Gasteiger partial charge on any atom is -0.350 e. The van der Waals surface area contributed by atoms with E-state index in [1.54, 1.807) is 24.1 Å². The Morgan fingerprint density at radius 3 is 2.32 bits per heavy atom. The third-order valence-electron chi connectivity index (χ3n) is 3.71. The summed E-state index contributed by atoms with van der Waals surface area (Å²) in [6.07, 6.45) is 2.98. The van der Waals surface area contributed by atoms with Gasteiger partial charge in [0.05, 0.1) is 5.56 Å². The smallest absolute Gasteiger partial charge is 0.261 e. The van der Waals surface area contributed by atoms with Crippen molar-refractivity contribution < 1.29 is 9.18 Å². The van der Waals surface area contributed by atoms with Gasteiger partial charge in [-0.1, -0.05) is 30.3 Å². The first kappa shape index (κ1) is 16.6. The zero-order chi connectivity index (χ0) is 17.6. The molecule has 3 aromatic rings. The van der Waals surface area contributed by atoms with Crippen molar-refractivity contribution in [3.05, 3.63) is 83.9 Å². The molecule has 1 aromatic heterocycles. The molecule has 0 saturated carbocycles. The van der Waals surface area contributed by atoms with Crippen LogP contribution in [0.4, 0.5) is 16.0 Å². The lowest BCUT2D eigenvalue weighted by Gasteiger charge is -2.17. The second-order valence-electron chi connectivity index (χ2n) is 5.48. The number of benzene rings is 2. The summed E-state index contributed by atoms with van der Waals surface area (Å²) in [5.41, 5.74) is 2.11. The third kappa shape index (κ3) is 4.17. The molecule has 0 radical (unpaired) electrons. The van der Waals surface area contributed by atoms with E-state index >= 15 is 0 Å². The molecule has 0 unspecified atom stereocenters. The Hall–Kier alpha value is -3.28. The van der Waals surface area contributed by atoms with Crippen LogP contribution in [-0.4, -0.2) is 22.9 Å². The van der Waals surface area contributed by atoms with Crippen LogP contribution in [0.25, 0.3) is 0 Å². The highest BCUT2D eigenvalue weighted by molar-refractivity contribution is 6.05. The number of aromatic nitrogens is 2. The first-order valence-corrected chi connectivity index (χ1v) is 7.77. The van der Waals surface area contributed by atoms with E-state index in [0.717, 1.165) is 11.3 Å². The highest BCUT2D eigenvalue weighted by Crippen LogP contribution is 2.14. The van der Waals surface area contributed by atoms with E-state index in [2.05, 4.69) is 15.3 Å². The number of nitrogens with zero attached hydrogens (tertiary/aromatic N) is 3. The van der Waals surface area contributed by atoms with Gasteiger partial charge >= 0.3 is 0 Å². The number of para-hydroxylation sites is 1. The van der Waals surface area contributed by atoms with Crippen LogP contribution in [0, 0.1) is 5.82 Å². The third-order valence-corrected chi connectivity index (χ3v) is 3.71. The fourth-order valence-corrected chi connectivity index (χ4v) is 2.28. The van der Waals surface area contributed by atoms with Gasteiger partial charge in [-0.05, 0) is 29.8 Å². The molecule has 1 heterocycles. The lowest BCUT2D eigenvalue weighted by atomic mass is 10.2. The fraction of sp³-hybridized carbons (Fsp3) is 0.105. The first-order chi connectivity index (χ1) is 12.1. The van der Waals surface area contributed by atoms with Crippen LogP contribution < -0.4 is 10.2 Å². The minimum absolute atomic E-state index is 0.184. The normalized spacial score (nSPS) is 10.3. The van der Waals surface area contributed by atoms with Crippen LogP contribution in [-0.2, 0) is 6.54 Å². The second kappa shape index (κ2) is 7.53. The van der Waals surface area contributed by atoms with Gasteiger partial charge in [-0.2, -0.15) is 0 Å². The van der Waals surface area contributed by atoms with Crippen molar-refractivity contribution in [2.75, 3.05) is 17.3 Å². The van der Waals surface area contributed by atoms with E-state index in [4.69, 9.17) is 0 Å². The summed E-state index contributed by atoms with van der Waals surface area (Å²) in [5.74, 6) is -0.0510.